The van der Waals surface area contributed by atoms with Crippen LogP contribution in [0.15, 0.2) is 182 Å². The summed E-state index contributed by atoms with van der Waals surface area (Å²) in [7, 11) is 0. The van der Waals surface area contributed by atoms with Gasteiger partial charge in [-0.3, -0.25) is 0 Å². The van der Waals surface area contributed by atoms with E-state index < -0.39 is 0 Å². The van der Waals surface area contributed by atoms with Crippen molar-refractivity contribution in [2.24, 2.45) is 0 Å². The van der Waals surface area contributed by atoms with Crippen molar-refractivity contribution in [3.8, 4) is 44.8 Å². The molecule has 0 N–H and O–H groups in total. The molecule has 1 aliphatic carbocycles. The second-order valence-electron chi connectivity index (χ2n) is 14.9. The number of para-hydroxylation sites is 2. The third-order valence-electron chi connectivity index (χ3n) is 11.7. The van der Waals surface area contributed by atoms with E-state index in [1.54, 1.807) is 0 Å². The Morgan fingerprint density at radius 3 is 1.51 bits per heavy atom. The molecule has 2 heteroatoms. The molecule has 53 heavy (non-hydrogen) atoms. The van der Waals surface area contributed by atoms with Gasteiger partial charge in [0.05, 0.1) is 27.8 Å². The van der Waals surface area contributed by atoms with Crippen LogP contribution in [0.5, 0.6) is 0 Å². The lowest BCUT2D eigenvalue weighted by atomic mass is 9.81. The Morgan fingerprint density at radius 1 is 0.358 bits per heavy atom. The summed E-state index contributed by atoms with van der Waals surface area (Å²) in [6.45, 7) is 4.76. The molecule has 0 radical (unpaired) electrons. The van der Waals surface area contributed by atoms with Crippen molar-refractivity contribution in [1.29, 1.82) is 0 Å². The van der Waals surface area contributed by atoms with Crippen LogP contribution in [0.2, 0.25) is 0 Å². The van der Waals surface area contributed by atoms with Gasteiger partial charge in [0.1, 0.15) is 0 Å². The second kappa shape index (κ2) is 11.2. The zero-order valence-corrected chi connectivity index (χ0v) is 29.7. The van der Waals surface area contributed by atoms with Crippen molar-refractivity contribution in [3.05, 3.63) is 193 Å². The molecule has 0 aliphatic heterocycles. The van der Waals surface area contributed by atoms with Crippen LogP contribution in [0, 0.1) is 0 Å². The summed E-state index contributed by atoms with van der Waals surface area (Å²) < 4.78 is 4.97. The van der Waals surface area contributed by atoms with Gasteiger partial charge in [0, 0.05) is 32.6 Å². The average Bonchev–Trinajstić information content (AvgIpc) is 3.82. The van der Waals surface area contributed by atoms with Crippen molar-refractivity contribution in [2.45, 2.75) is 19.3 Å². The second-order valence-corrected chi connectivity index (χ2v) is 14.9. The van der Waals surface area contributed by atoms with Crippen LogP contribution < -0.4 is 0 Å². The molecule has 2 aromatic heterocycles. The summed E-state index contributed by atoms with van der Waals surface area (Å²) in [5.74, 6) is 0. The average molecular weight is 677 g/mol. The van der Waals surface area contributed by atoms with Crippen molar-refractivity contribution in [1.82, 2.24) is 9.13 Å². The molecule has 250 valence electrons. The zero-order valence-electron chi connectivity index (χ0n) is 29.7. The number of rotatable bonds is 4. The fourth-order valence-corrected chi connectivity index (χ4v) is 9.35. The Kier molecular flexibility index (Phi) is 6.33. The number of hydrogen-bond acceptors (Lipinski definition) is 0. The summed E-state index contributed by atoms with van der Waals surface area (Å²) >= 11 is 0. The lowest BCUT2D eigenvalue weighted by Crippen LogP contribution is -2.17. The van der Waals surface area contributed by atoms with Crippen molar-refractivity contribution >= 4 is 43.6 Å². The zero-order chi connectivity index (χ0) is 35.3. The minimum atomic E-state index is -0.129. The molecule has 10 aromatic rings. The van der Waals surface area contributed by atoms with Gasteiger partial charge in [-0.1, -0.05) is 153 Å². The highest BCUT2D eigenvalue weighted by Crippen LogP contribution is 2.52. The number of fused-ring (bicyclic) bond motifs is 10. The van der Waals surface area contributed by atoms with E-state index in [9.17, 15) is 0 Å². The van der Waals surface area contributed by atoms with E-state index in [2.05, 4.69) is 205 Å². The molecule has 0 saturated carbocycles. The Bertz CT molecular complexity index is 3050. The first-order valence-corrected chi connectivity index (χ1v) is 18.5. The normalized spacial score (nSPS) is 13.2. The van der Waals surface area contributed by atoms with Gasteiger partial charge in [0.15, 0.2) is 0 Å². The van der Waals surface area contributed by atoms with Crippen molar-refractivity contribution in [2.75, 3.05) is 0 Å². The topological polar surface area (TPSA) is 9.86 Å². The van der Waals surface area contributed by atoms with E-state index in [0.717, 1.165) is 5.69 Å². The molecule has 0 saturated heterocycles. The first kappa shape index (κ1) is 30.0. The van der Waals surface area contributed by atoms with Crippen LogP contribution in [0.4, 0.5) is 0 Å². The standard InChI is InChI=1S/C51H36N2/c1-51(2)42-19-9-6-15-38(42)39-18-12-22-47(50(39)51)53-44-21-11-8-17-41(44)49-46(53)32-31-45-48(49)40-16-7-10-20-43(40)52(45)37-29-27-36(28-30-37)35-25-23-34(24-26-35)33-13-4-3-5-14-33/h3-32H,1-2H3. The minimum Gasteiger partial charge on any atom is -0.309 e. The maximum absolute atomic E-state index is 2.53. The molecule has 1 aliphatic rings. The molecular weight excluding hydrogens is 641 g/mol. The number of nitrogens with zero attached hydrogens (tertiary/aromatic N) is 2. The number of benzene rings is 8. The number of hydrogen-bond donors (Lipinski definition) is 0. The van der Waals surface area contributed by atoms with Gasteiger partial charge in [-0.25, -0.2) is 0 Å². The van der Waals surface area contributed by atoms with E-state index >= 15 is 0 Å². The molecule has 0 unspecified atom stereocenters. The van der Waals surface area contributed by atoms with E-state index in [-0.39, 0.29) is 5.41 Å². The number of aromatic nitrogens is 2. The molecule has 0 fully saturated rings. The quantitative estimate of drug-likeness (QED) is 0.176. The van der Waals surface area contributed by atoms with Crippen LogP contribution in [0.3, 0.4) is 0 Å². The Balaban J connectivity index is 1.11. The molecule has 0 amide bonds. The van der Waals surface area contributed by atoms with Gasteiger partial charge in [0.25, 0.3) is 0 Å². The first-order chi connectivity index (χ1) is 26.1. The predicted molar refractivity (Wildman–Crippen MR) is 224 cm³/mol. The van der Waals surface area contributed by atoms with Gasteiger partial charge < -0.3 is 9.13 Å². The minimum absolute atomic E-state index is 0.129. The summed E-state index contributed by atoms with van der Waals surface area (Å²) in [4.78, 5) is 0. The van der Waals surface area contributed by atoms with Gasteiger partial charge >= 0.3 is 0 Å². The Hall–Kier alpha value is -6.64. The van der Waals surface area contributed by atoms with Crippen molar-refractivity contribution < 1.29 is 0 Å². The molecule has 0 atom stereocenters. The van der Waals surface area contributed by atoms with Crippen LogP contribution in [-0.4, -0.2) is 9.13 Å². The molecular formula is C51H36N2. The van der Waals surface area contributed by atoms with Gasteiger partial charge in [0.2, 0.25) is 0 Å². The van der Waals surface area contributed by atoms with Gasteiger partial charge in [-0.15, -0.1) is 0 Å². The van der Waals surface area contributed by atoms with Crippen LogP contribution in [-0.2, 0) is 5.41 Å². The monoisotopic (exact) mass is 676 g/mol. The lowest BCUT2D eigenvalue weighted by Gasteiger charge is -2.25. The predicted octanol–water partition coefficient (Wildman–Crippen LogP) is 13.5. The summed E-state index contributed by atoms with van der Waals surface area (Å²) in [6, 6.07) is 66.9. The highest BCUT2D eigenvalue weighted by Gasteiger charge is 2.38. The van der Waals surface area contributed by atoms with Gasteiger partial charge in [-0.05, 0) is 87.0 Å². The first-order valence-electron chi connectivity index (χ1n) is 18.5. The summed E-state index contributed by atoms with van der Waals surface area (Å²) in [5, 5.41) is 5.14. The van der Waals surface area contributed by atoms with Crippen molar-refractivity contribution in [3.63, 3.8) is 0 Å². The Labute approximate surface area is 308 Å². The molecule has 2 heterocycles. The maximum Gasteiger partial charge on any atom is 0.0549 e. The summed E-state index contributed by atoms with van der Waals surface area (Å²) in [5.41, 5.74) is 17.5. The smallest absolute Gasteiger partial charge is 0.0549 e. The van der Waals surface area contributed by atoms with Crippen LogP contribution in [0.25, 0.3) is 88.4 Å². The maximum atomic E-state index is 2.53. The van der Waals surface area contributed by atoms with E-state index in [1.165, 1.54) is 93.8 Å². The van der Waals surface area contributed by atoms with Crippen LogP contribution in [0.1, 0.15) is 25.0 Å². The van der Waals surface area contributed by atoms with Crippen LogP contribution >= 0.6 is 0 Å². The highest BCUT2D eigenvalue weighted by molar-refractivity contribution is 6.29. The fraction of sp³-hybridized carbons (Fsp3) is 0.0588. The highest BCUT2D eigenvalue weighted by atomic mass is 15.0. The molecule has 11 rings (SSSR count). The third-order valence-corrected chi connectivity index (χ3v) is 11.7. The van der Waals surface area contributed by atoms with E-state index in [1.807, 2.05) is 0 Å². The van der Waals surface area contributed by atoms with Gasteiger partial charge in [-0.2, -0.15) is 0 Å². The Morgan fingerprint density at radius 2 is 0.849 bits per heavy atom. The lowest BCUT2D eigenvalue weighted by molar-refractivity contribution is 0.656. The molecule has 0 spiro atoms. The molecule has 8 aromatic carbocycles. The third kappa shape index (κ3) is 4.27. The molecule has 2 nitrogen and oxygen atoms in total. The fourth-order valence-electron chi connectivity index (χ4n) is 9.35. The molecule has 0 bridgehead atoms. The SMILES string of the molecule is CC1(C)c2ccccc2-c2cccc(-n3c4ccccc4c4c5c6ccccc6n(-c6ccc(-c7ccc(-c8ccccc8)cc7)cc6)c5ccc43)c21. The largest absolute Gasteiger partial charge is 0.309 e. The summed E-state index contributed by atoms with van der Waals surface area (Å²) in [6.07, 6.45) is 0. The van der Waals surface area contributed by atoms with E-state index in [4.69, 9.17) is 0 Å². The van der Waals surface area contributed by atoms with E-state index in [0.29, 0.717) is 0 Å².